The third-order valence-corrected chi connectivity index (χ3v) is 9.37. The van der Waals surface area contributed by atoms with Gasteiger partial charge in [0.25, 0.3) is 0 Å². The minimum Gasteiger partial charge on any atom is -0.444 e. The number of carbonyl (C=O) groups is 1. The van der Waals surface area contributed by atoms with Gasteiger partial charge in [-0.3, -0.25) is 0 Å². The van der Waals surface area contributed by atoms with Gasteiger partial charge in [-0.1, -0.05) is 25.9 Å². The van der Waals surface area contributed by atoms with E-state index in [1.165, 1.54) is 0 Å². The largest absolute Gasteiger partial charge is 0.444 e. The van der Waals surface area contributed by atoms with Crippen LogP contribution in [0.15, 0.2) is 5.11 Å². The van der Waals surface area contributed by atoms with Crippen LogP contribution in [0.1, 0.15) is 54.4 Å². The first kappa shape index (κ1) is 21.8. The summed E-state index contributed by atoms with van der Waals surface area (Å²) in [4.78, 5) is 17.2. The second-order valence-corrected chi connectivity index (χ2v) is 14.0. The normalized spacial score (nSPS) is 22.8. The zero-order valence-corrected chi connectivity index (χ0v) is 18.0. The molecule has 1 rings (SSSR count). The molecule has 0 N–H and O–H groups in total. The zero-order chi connectivity index (χ0) is 19.5. The number of hydrogen-bond acceptors (Lipinski definition) is 4. The SMILES string of the molecule is CC(C)(C)OC(=O)N1CCC[C@@H](N=[N+]=[N-])[C@H](O[Si](C)(C)C(C)(C)C)C1. The molecule has 7 nitrogen and oxygen atoms in total. The van der Waals surface area contributed by atoms with E-state index >= 15 is 0 Å². The van der Waals surface area contributed by atoms with E-state index in [9.17, 15) is 4.79 Å². The number of nitrogens with zero attached hydrogens (tertiary/aromatic N) is 4. The summed E-state index contributed by atoms with van der Waals surface area (Å²) in [7, 11) is -2.06. The van der Waals surface area contributed by atoms with Crippen molar-refractivity contribution < 1.29 is 14.0 Å². The minimum absolute atomic E-state index is 0.0387. The molecule has 1 saturated heterocycles. The van der Waals surface area contributed by atoms with E-state index in [0.717, 1.165) is 6.42 Å². The lowest BCUT2D eigenvalue weighted by atomic mass is 10.1. The average molecular weight is 371 g/mol. The molecule has 0 saturated carbocycles. The van der Waals surface area contributed by atoms with Crippen molar-refractivity contribution in [1.82, 2.24) is 4.90 Å². The first-order valence-electron chi connectivity index (χ1n) is 8.97. The molecule has 0 aromatic rings. The highest BCUT2D eigenvalue weighted by molar-refractivity contribution is 6.74. The molecule has 2 atom stereocenters. The van der Waals surface area contributed by atoms with Gasteiger partial charge in [-0.2, -0.15) is 0 Å². The number of carbonyl (C=O) groups excluding carboxylic acids is 1. The third kappa shape index (κ3) is 6.53. The molecule has 1 heterocycles. The number of hydrogen-bond donors (Lipinski definition) is 0. The third-order valence-electron chi connectivity index (χ3n) is 4.86. The highest BCUT2D eigenvalue weighted by Crippen LogP contribution is 2.38. The molecule has 25 heavy (non-hydrogen) atoms. The van der Waals surface area contributed by atoms with Gasteiger partial charge >= 0.3 is 6.09 Å². The van der Waals surface area contributed by atoms with Crippen LogP contribution in [0.5, 0.6) is 0 Å². The van der Waals surface area contributed by atoms with Crippen LogP contribution >= 0.6 is 0 Å². The molecule has 8 heteroatoms. The van der Waals surface area contributed by atoms with Crippen LogP contribution in [-0.4, -0.2) is 50.1 Å². The summed E-state index contributed by atoms with van der Waals surface area (Å²) in [5, 5.41) is 4.00. The topological polar surface area (TPSA) is 87.5 Å². The Morgan fingerprint density at radius 2 is 1.84 bits per heavy atom. The van der Waals surface area contributed by atoms with Gasteiger partial charge in [0, 0.05) is 18.0 Å². The predicted octanol–water partition coefficient (Wildman–Crippen LogP) is 5.09. The predicted molar refractivity (Wildman–Crippen MR) is 102 cm³/mol. The van der Waals surface area contributed by atoms with Crippen molar-refractivity contribution in [2.45, 2.75) is 90.3 Å². The summed E-state index contributed by atoms with van der Waals surface area (Å²) in [6.45, 7) is 17.4. The van der Waals surface area contributed by atoms with Crippen LogP contribution in [0.25, 0.3) is 10.4 Å². The van der Waals surface area contributed by atoms with Gasteiger partial charge in [0.1, 0.15) is 5.60 Å². The van der Waals surface area contributed by atoms with Gasteiger partial charge in [0.2, 0.25) is 0 Å². The van der Waals surface area contributed by atoms with Crippen molar-refractivity contribution in [1.29, 1.82) is 0 Å². The van der Waals surface area contributed by atoms with E-state index in [0.29, 0.717) is 19.5 Å². The molecule has 0 aliphatic carbocycles. The standard InChI is InChI=1S/C17H34N4O3Si/c1-16(2,3)23-15(22)21-11-9-10-13(19-20-18)14(12-21)24-25(7,8)17(4,5)6/h13-14H,9-12H2,1-8H3/t13-,14-/m1/s1. The van der Waals surface area contributed by atoms with E-state index in [-0.39, 0.29) is 23.3 Å². The van der Waals surface area contributed by atoms with E-state index < -0.39 is 13.9 Å². The lowest BCUT2D eigenvalue weighted by Gasteiger charge is -2.41. The van der Waals surface area contributed by atoms with Gasteiger partial charge in [-0.15, -0.1) is 0 Å². The van der Waals surface area contributed by atoms with Gasteiger partial charge < -0.3 is 14.1 Å². The molecule has 1 fully saturated rings. The van der Waals surface area contributed by atoms with Crippen LogP contribution in [0.4, 0.5) is 4.79 Å². The molecule has 0 unspecified atom stereocenters. The summed E-state index contributed by atoms with van der Waals surface area (Å²) < 4.78 is 12.0. The summed E-state index contributed by atoms with van der Waals surface area (Å²) >= 11 is 0. The van der Waals surface area contributed by atoms with E-state index in [4.69, 9.17) is 14.7 Å². The summed E-state index contributed by atoms with van der Waals surface area (Å²) in [6, 6.07) is -0.258. The highest BCUT2D eigenvalue weighted by atomic mass is 28.4. The Morgan fingerprint density at radius 1 is 1.24 bits per heavy atom. The molecule has 1 aliphatic rings. The van der Waals surface area contributed by atoms with Gasteiger partial charge in [-0.25, -0.2) is 4.79 Å². The zero-order valence-electron chi connectivity index (χ0n) is 17.0. The Labute approximate surface area is 152 Å². The number of likely N-dealkylation sites (tertiary alicyclic amines) is 1. The van der Waals surface area contributed by atoms with Crippen LogP contribution in [0.3, 0.4) is 0 Å². The molecule has 144 valence electrons. The van der Waals surface area contributed by atoms with E-state index in [1.807, 2.05) is 20.8 Å². The first-order valence-corrected chi connectivity index (χ1v) is 11.9. The van der Waals surface area contributed by atoms with Gasteiger partial charge in [-0.05, 0) is 57.3 Å². The molecule has 0 spiro atoms. The molecule has 0 bridgehead atoms. The van der Waals surface area contributed by atoms with E-state index in [1.54, 1.807) is 4.90 Å². The Kier molecular flexibility index (Phi) is 6.95. The highest BCUT2D eigenvalue weighted by Gasteiger charge is 2.42. The second-order valence-electron chi connectivity index (χ2n) is 9.26. The summed E-state index contributed by atoms with van der Waals surface area (Å²) in [6.07, 6.45) is 0.841. The van der Waals surface area contributed by atoms with Crippen LogP contribution in [-0.2, 0) is 9.16 Å². The summed E-state index contributed by atoms with van der Waals surface area (Å²) in [5.74, 6) is 0. The van der Waals surface area contributed by atoms with Crippen LogP contribution in [0.2, 0.25) is 18.1 Å². The fourth-order valence-corrected chi connectivity index (χ4v) is 3.81. The van der Waals surface area contributed by atoms with Gasteiger partial charge in [0.15, 0.2) is 8.32 Å². The molecule has 1 amide bonds. The quantitative estimate of drug-likeness (QED) is 0.300. The maximum Gasteiger partial charge on any atom is 0.410 e. The minimum atomic E-state index is -2.06. The van der Waals surface area contributed by atoms with Crippen molar-refractivity contribution in [2.75, 3.05) is 13.1 Å². The number of amides is 1. The number of ether oxygens (including phenoxy) is 1. The van der Waals surface area contributed by atoms with Crippen LogP contribution < -0.4 is 0 Å². The fraction of sp³-hybridized carbons (Fsp3) is 0.941. The van der Waals surface area contributed by atoms with Crippen molar-refractivity contribution in [3.8, 4) is 0 Å². The molecule has 0 radical (unpaired) electrons. The first-order chi connectivity index (χ1) is 11.3. The Hall–Kier alpha value is -1.24. The van der Waals surface area contributed by atoms with Gasteiger partial charge in [0.05, 0.1) is 12.1 Å². The van der Waals surface area contributed by atoms with Crippen molar-refractivity contribution in [2.24, 2.45) is 5.11 Å². The fourth-order valence-electron chi connectivity index (χ4n) is 2.47. The Bertz CT molecular complexity index is 519. The smallest absolute Gasteiger partial charge is 0.410 e. The summed E-state index contributed by atoms with van der Waals surface area (Å²) in [5.41, 5.74) is 8.38. The second kappa shape index (κ2) is 7.97. The average Bonchev–Trinajstić information content (AvgIpc) is 2.59. The molecular weight excluding hydrogens is 336 g/mol. The van der Waals surface area contributed by atoms with Crippen LogP contribution in [0, 0.1) is 0 Å². The lowest BCUT2D eigenvalue weighted by Crippen LogP contribution is -2.50. The van der Waals surface area contributed by atoms with Crippen molar-refractivity contribution >= 4 is 14.4 Å². The monoisotopic (exact) mass is 370 g/mol. The Balaban J connectivity index is 3.01. The van der Waals surface area contributed by atoms with Crippen molar-refractivity contribution in [3.05, 3.63) is 10.4 Å². The maximum absolute atomic E-state index is 12.5. The number of rotatable bonds is 3. The maximum atomic E-state index is 12.5. The molecule has 1 aliphatic heterocycles. The molecular formula is C17H34N4O3Si. The molecule has 0 aromatic carbocycles. The lowest BCUT2D eigenvalue weighted by molar-refractivity contribution is 0.0174. The van der Waals surface area contributed by atoms with E-state index in [2.05, 4.69) is 43.9 Å². The number of azide groups is 1. The molecule has 0 aromatic heterocycles. The van der Waals surface area contributed by atoms with Crippen molar-refractivity contribution in [3.63, 3.8) is 0 Å². The Morgan fingerprint density at radius 3 is 2.32 bits per heavy atom.